The molecule has 2 aromatic heterocycles. The quantitative estimate of drug-likeness (QED) is 0.566. The molecule has 1 aromatic carbocycles. The van der Waals surface area contributed by atoms with Crippen molar-refractivity contribution in [1.82, 2.24) is 10.1 Å². The number of morpholine rings is 1. The van der Waals surface area contributed by atoms with E-state index in [0.717, 1.165) is 35.6 Å². The number of carbonyl (C=O) groups excluding carboxylic acids is 2. The number of amides is 2. The van der Waals surface area contributed by atoms with E-state index in [4.69, 9.17) is 20.9 Å². The maximum Gasteiger partial charge on any atom is 0.253 e. The zero-order valence-corrected chi connectivity index (χ0v) is 19.4. The van der Waals surface area contributed by atoms with Gasteiger partial charge in [-0.2, -0.15) is 0 Å². The number of nitrogens with zero attached hydrogens (tertiary/aromatic N) is 3. The van der Waals surface area contributed by atoms with Gasteiger partial charge in [0.2, 0.25) is 5.91 Å². The van der Waals surface area contributed by atoms with Gasteiger partial charge in [-0.15, -0.1) is 11.3 Å². The summed E-state index contributed by atoms with van der Waals surface area (Å²) in [6.45, 7) is 2.49. The summed E-state index contributed by atoms with van der Waals surface area (Å²) < 4.78 is 11.4. The highest BCUT2D eigenvalue weighted by atomic mass is 35.5. The molecule has 8 nitrogen and oxygen atoms in total. The zero-order valence-electron chi connectivity index (χ0n) is 17.8. The van der Waals surface area contributed by atoms with Crippen molar-refractivity contribution in [3.8, 4) is 10.6 Å². The Hall–Kier alpha value is -2.72. The molecule has 0 radical (unpaired) electrons. The van der Waals surface area contributed by atoms with Gasteiger partial charge in [0.15, 0.2) is 5.76 Å². The fourth-order valence-electron chi connectivity index (χ4n) is 4.21. The maximum atomic E-state index is 13.0. The first-order chi connectivity index (χ1) is 16.1. The van der Waals surface area contributed by atoms with Crippen LogP contribution in [0.25, 0.3) is 10.6 Å². The van der Waals surface area contributed by atoms with Crippen LogP contribution < -0.4 is 10.2 Å². The molecule has 5 rings (SSSR count). The number of aromatic nitrogens is 1. The topological polar surface area (TPSA) is 87.9 Å². The predicted molar refractivity (Wildman–Crippen MR) is 127 cm³/mol. The first-order valence-electron chi connectivity index (χ1n) is 10.8. The van der Waals surface area contributed by atoms with Gasteiger partial charge in [0.1, 0.15) is 12.3 Å². The molecule has 2 aliphatic rings. The highest BCUT2D eigenvalue weighted by Gasteiger charge is 2.31. The minimum atomic E-state index is -0.241. The highest BCUT2D eigenvalue weighted by Crippen LogP contribution is 2.31. The molecule has 0 bridgehead atoms. The second-order valence-electron chi connectivity index (χ2n) is 8.04. The Morgan fingerprint density at radius 3 is 2.82 bits per heavy atom. The summed E-state index contributed by atoms with van der Waals surface area (Å²) in [4.78, 5) is 29.8. The van der Waals surface area contributed by atoms with E-state index in [9.17, 15) is 9.59 Å². The SMILES string of the molecule is O=C(Nc1ccc(N2CCOCC2=O)cc1)[C@H]1CCCN1Cc1cc(-c2ccc(Cl)s2)no1. The number of anilines is 2. The molecule has 0 aliphatic carbocycles. The van der Waals surface area contributed by atoms with E-state index >= 15 is 0 Å². The molecule has 2 saturated heterocycles. The lowest BCUT2D eigenvalue weighted by Crippen LogP contribution is -2.41. The second-order valence-corrected chi connectivity index (χ2v) is 9.76. The van der Waals surface area contributed by atoms with Crippen molar-refractivity contribution in [3.63, 3.8) is 0 Å². The average Bonchev–Trinajstić information content (AvgIpc) is 3.56. The molecule has 2 amide bonds. The number of ether oxygens (including phenoxy) is 1. The number of rotatable bonds is 6. The van der Waals surface area contributed by atoms with Crippen LogP contribution in [0.3, 0.4) is 0 Å². The minimum Gasteiger partial charge on any atom is -0.370 e. The molecule has 0 saturated carbocycles. The number of carbonyl (C=O) groups is 2. The monoisotopic (exact) mass is 486 g/mol. The van der Waals surface area contributed by atoms with Gasteiger partial charge in [0.25, 0.3) is 5.91 Å². The van der Waals surface area contributed by atoms with E-state index < -0.39 is 0 Å². The van der Waals surface area contributed by atoms with Crippen molar-refractivity contribution in [1.29, 1.82) is 0 Å². The first kappa shape index (κ1) is 22.1. The molecule has 33 heavy (non-hydrogen) atoms. The van der Waals surface area contributed by atoms with Crippen molar-refractivity contribution >= 4 is 46.1 Å². The standard InChI is InChI=1S/C23H23ClN4O4S/c24-21-8-7-20(33-21)18-12-17(32-26-18)13-27-9-1-2-19(27)23(30)25-15-3-5-16(6-4-15)28-10-11-31-14-22(28)29/h3-8,12,19H,1-2,9-11,13-14H2,(H,25,30)/t19-/m1/s1. The van der Waals surface area contributed by atoms with Gasteiger partial charge in [0, 0.05) is 24.0 Å². The molecule has 2 aliphatic heterocycles. The number of thiophene rings is 1. The Morgan fingerprint density at radius 2 is 2.06 bits per heavy atom. The summed E-state index contributed by atoms with van der Waals surface area (Å²) in [5, 5.41) is 7.15. The van der Waals surface area contributed by atoms with E-state index in [1.807, 2.05) is 42.5 Å². The second kappa shape index (κ2) is 9.64. The van der Waals surface area contributed by atoms with Crippen molar-refractivity contribution in [2.75, 3.05) is 36.5 Å². The smallest absolute Gasteiger partial charge is 0.253 e. The van der Waals surface area contributed by atoms with Crippen LogP contribution in [0, 0.1) is 0 Å². The van der Waals surface area contributed by atoms with E-state index in [0.29, 0.717) is 35.5 Å². The van der Waals surface area contributed by atoms with Gasteiger partial charge in [-0.05, 0) is 55.8 Å². The van der Waals surface area contributed by atoms with Crippen molar-refractivity contribution < 1.29 is 18.8 Å². The fraction of sp³-hybridized carbons (Fsp3) is 0.348. The Balaban J connectivity index is 1.20. The van der Waals surface area contributed by atoms with Gasteiger partial charge in [0.05, 0.1) is 28.4 Å². The summed E-state index contributed by atoms with van der Waals surface area (Å²) in [7, 11) is 0. The lowest BCUT2D eigenvalue weighted by Gasteiger charge is -2.27. The fourth-order valence-corrected chi connectivity index (χ4v) is 5.20. The van der Waals surface area contributed by atoms with Crippen LogP contribution in [-0.2, 0) is 20.9 Å². The predicted octanol–water partition coefficient (Wildman–Crippen LogP) is 4.02. The summed E-state index contributed by atoms with van der Waals surface area (Å²) in [5.74, 6) is 0.610. The van der Waals surface area contributed by atoms with Crippen LogP contribution >= 0.6 is 22.9 Å². The molecule has 4 heterocycles. The average molecular weight is 487 g/mol. The van der Waals surface area contributed by atoms with Crippen LogP contribution in [0.15, 0.2) is 47.0 Å². The van der Waals surface area contributed by atoms with E-state index in [2.05, 4.69) is 15.4 Å². The number of hydrogen-bond acceptors (Lipinski definition) is 7. The highest BCUT2D eigenvalue weighted by molar-refractivity contribution is 7.19. The molecule has 1 atom stereocenters. The molecule has 3 aromatic rings. The summed E-state index contributed by atoms with van der Waals surface area (Å²) in [5.41, 5.74) is 2.26. The van der Waals surface area contributed by atoms with Crippen LogP contribution in [0.5, 0.6) is 0 Å². The number of nitrogens with one attached hydrogen (secondary N) is 1. The Labute approximate surface area is 200 Å². The molecular weight excluding hydrogens is 464 g/mol. The van der Waals surface area contributed by atoms with Crippen molar-refractivity contribution in [2.24, 2.45) is 0 Å². The normalized spacial score (nSPS) is 19.2. The van der Waals surface area contributed by atoms with Gasteiger partial charge in [-0.1, -0.05) is 16.8 Å². The number of likely N-dealkylation sites (tertiary alicyclic amines) is 1. The maximum absolute atomic E-state index is 13.0. The van der Waals surface area contributed by atoms with Gasteiger partial charge in [-0.3, -0.25) is 14.5 Å². The lowest BCUT2D eigenvalue weighted by molar-refractivity contribution is -0.125. The molecule has 172 valence electrons. The van der Waals surface area contributed by atoms with E-state index in [1.54, 1.807) is 4.90 Å². The summed E-state index contributed by atoms with van der Waals surface area (Å²) in [6.07, 6.45) is 1.73. The molecule has 10 heteroatoms. The van der Waals surface area contributed by atoms with Crippen LogP contribution in [0.1, 0.15) is 18.6 Å². The summed E-state index contributed by atoms with van der Waals surface area (Å²) >= 11 is 7.47. The van der Waals surface area contributed by atoms with Crippen molar-refractivity contribution in [2.45, 2.75) is 25.4 Å². The lowest BCUT2D eigenvalue weighted by atomic mass is 10.2. The molecule has 0 spiro atoms. The van der Waals surface area contributed by atoms with E-state index in [1.165, 1.54) is 11.3 Å². The zero-order chi connectivity index (χ0) is 22.8. The summed E-state index contributed by atoms with van der Waals surface area (Å²) in [6, 6.07) is 12.8. The Kier molecular flexibility index (Phi) is 6.45. The Bertz CT molecular complexity index is 1150. The van der Waals surface area contributed by atoms with E-state index in [-0.39, 0.29) is 24.5 Å². The van der Waals surface area contributed by atoms with Gasteiger partial charge >= 0.3 is 0 Å². The molecule has 0 unspecified atom stereocenters. The third-order valence-electron chi connectivity index (χ3n) is 5.84. The molecule has 2 fully saturated rings. The van der Waals surface area contributed by atoms with Gasteiger partial charge in [-0.25, -0.2) is 0 Å². The molecule has 1 N–H and O–H groups in total. The largest absolute Gasteiger partial charge is 0.370 e. The Morgan fingerprint density at radius 1 is 1.21 bits per heavy atom. The van der Waals surface area contributed by atoms with Crippen LogP contribution in [0.2, 0.25) is 4.34 Å². The van der Waals surface area contributed by atoms with Gasteiger partial charge < -0.3 is 19.5 Å². The number of hydrogen-bond donors (Lipinski definition) is 1. The first-order valence-corrected chi connectivity index (χ1v) is 12.0. The third-order valence-corrected chi connectivity index (χ3v) is 7.10. The minimum absolute atomic E-state index is 0.0486. The van der Waals surface area contributed by atoms with Crippen molar-refractivity contribution in [3.05, 3.63) is 52.6 Å². The van der Waals surface area contributed by atoms with Crippen LogP contribution in [-0.4, -0.2) is 54.2 Å². The number of halogens is 1. The number of benzene rings is 1. The van der Waals surface area contributed by atoms with Crippen LogP contribution in [0.4, 0.5) is 11.4 Å². The third kappa shape index (κ3) is 4.96. The molecular formula is C23H23ClN4O4S.